The Morgan fingerprint density at radius 1 is 1.21 bits per heavy atom. The lowest BCUT2D eigenvalue weighted by Crippen LogP contribution is -2.09. The zero-order chi connectivity index (χ0) is 14.0. The molecular formula is C14H17F3N2. The number of alkyl halides is 3. The van der Waals surface area contributed by atoms with Crippen molar-refractivity contribution in [3.8, 4) is 0 Å². The highest BCUT2D eigenvalue weighted by Gasteiger charge is 2.30. The molecule has 1 aromatic carbocycles. The number of hydrogen-bond donors (Lipinski definition) is 1. The third kappa shape index (κ3) is 2.92. The average molecular weight is 270 g/mol. The maximum absolute atomic E-state index is 12.7. The molecule has 0 fully saturated rings. The maximum Gasteiger partial charge on any atom is 0.416 e. The lowest BCUT2D eigenvalue weighted by atomic mass is 10.1. The summed E-state index contributed by atoms with van der Waals surface area (Å²) in [5.74, 6) is 0. The predicted molar refractivity (Wildman–Crippen MR) is 70.2 cm³/mol. The Morgan fingerprint density at radius 2 is 1.95 bits per heavy atom. The number of nitrogens with zero attached hydrogens (tertiary/aromatic N) is 1. The van der Waals surface area contributed by atoms with Crippen LogP contribution in [0.2, 0.25) is 0 Å². The number of aryl methyl sites for hydroxylation is 2. The molecule has 0 spiro atoms. The molecule has 2 aromatic rings. The van der Waals surface area contributed by atoms with E-state index in [1.54, 1.807) is 6.07 Å². The minimum Gasteiger partial charge on any atom is -0.348 e. The minimum atomic E-state index is -4.29. The van der Waals surface area contributed by atoms with Gasteiger partial charge in [-0.05, 0) is 50.0 Å². The summed E-state index contributed by atoms with van der Waals surface area (Å²) in [6, 6.07) is 5.86. The number of hydrogen-bond acceptors (Lipinski definition) is 1. The molecule has 2 rings (SSSR count). The molecule has 1 N–H and O–H groups in total. The molecule has 1 heterocycles. The number of rotatable bonds is 4. The van der Waals surface area contributed by atoms with Gasteiger partial charge in [0.2, 0.25) is 0 Å². The Kier molecular flexibility index (Phi) is 3.85. The van der Waals surface area contributed by atoms with E-state index in [0.717, 1.165) is 36.5 Å². The van der Waals surface area contributed by atoms with Crippen LogP contribution in [0.5, 0.6) is 0 Å². The summed E-state index contributed by atoms with van der Waals surface area (Å²) >= 11 is 0. The molecule has 1 aromatic heterocycles. The zero-order valence-corrected chi connectivity index (χ0v) is 11.0. The van der Waals surface area contributed by atoms with Gasteiger partial charge in [-0.3, -0.25) is 0 Å². The van der Waals surface area contributed by atoms with Crippen molar-refractivity contribution >= 4 is 10.9 Å². The molecule has 0 amide bonds. The van der Waals surface area contributed by atoms with Crippen molar-refractivity contribution in [2.24, 2.45) is 7.05 Å². The number of halogens is 3. The second-order valence-corrected chi connectivity index (χ2v) is 4.67. The average Bonchev–Trinajstić information content (AvgIpc) is 2.66. The number of benzene rings is 1. The molecule has 0 aliphatic heterocycles. The molecule has 0 saturated carbocycles. The smallest absolute Gasteiger partial charge is 0.348 e. The third-order valence-electron chi connectivity index (χ3n) is 3.33. The van der Waals surface area contributed by atoms with Gasteiger partial charge < -0.3 is 9.88 Å². The SMILES string of the molecule is CNCCCc1cc2ccc(C(F)(F)F)cc2n1C. The minimum absolute atomic E-state index is 0.594. The maximum atomic E-state index is 12.7. The first kappa shape index (κ1) is 13.9. The Morgan fingerprint density at radius 3 is 2.58 bits per heavy atom. The summed E-state index contributed by atoms with van der Waals surface area (Å²) in [7, 11) is 3.70. The van der Waals surface area contributed by atoms with Gasteiger partial charge in [-0.25, -0.2) is 0 Å². The van der Waals surface area contributed by atoms with Crippen LogP contribution in [0.25, 0.3) is 10.9 Å². The van der Waals surface area contributed by atoms with Crippen LogP contribution in [0.3, 0.4) is 0 Å². The molecule has 0 unspecified atom stereocenters. The van der Waals surface area contributed by atoms with Crippen LogP contribution >= 0.6 is 0 Å². The molecule has 104 valence electrons. The number of nitrogens with one attached hydrogen (secondary N) is 1. The molecular weight excluding hydrogens is 253 g/mol. The lowest BCUT2D eigenvalue weighted by Gasteiger charge is -2.08. The fourth-order valence-corrected chi connectivity index (χ4v) is 2.25. The zero-order valence-electron chi connectivity index (χ0n) is 11.0. The second kappa shape index (κ2) is 5.25. The normalized spacial score (nSPS) is 12.3. The monoisotopic (exact) mass is 270 g/mol. The van der Waals surface area contributed by atoms with Crippen molar-refractivity contribution in [2.75, 3.05) is 13.6 Å². The lowest BCUT2D eigenvalue weighted by molar-refractivity contribution is -0.137. The first-order valence-corrected chi connectivity index (χ1v) is 6.23. The van der Waals surface area contributed by atoms with Crippen LogP contribution in [-0.4, -0.2) is 18.2 Å². The van der Waals surface area contributed by atoms with Crippen LogP contribution in [0.1, 0.15) is 17.7 Å². The van der Waals surface area contributed by atoms with E-state index in [1.807, 2.05) is 24.7 Å². The van der Waals surface area contributed by atoms with Gasteiger partial charge in [0.25, 0.3) is 0 Å². The van der Waals surface area contributed by atoms with Gasteiger partial charge in [-0.2, -0.15) is 13.2 Å². The molecule has 5 heteroatoms. The van der Waals surface area contributed by atoms with Gasteiger partial charge >= 0.3 is 6.18 Å². The largest absolute Gasteiger partial charge is 0.416 e. The molecule has 0 bridgehead atoms. The van der Waals surface area contributed by atoms with Gasteiger partial charge in [-0.1, -0.05) is 6.07 Å². The quantitative estimate of drug-likeness (QED) is 0.843. The second-order valence-electron chi connectivity index (χ2n) is 4.67. The van der Waals surface area contributed by atoms with E-state index in [9.17, 15) is 13.2 Å². The fourth-order valence-electron chi connectivity index (χ4n) is 2.25. The van der Waals surface area contributed by atoms with Crippen LogP contribution in [-0.2, 0) is 19.6 Å². The topological polar surface area (TPSA) is 17.0 Å². The summed E-state index contributed by atoms with van der Waals surface area (Å²) in [4.78, 5) is 0. The van der Waals surface area contributed by atoms with Gasteiger partial charge in [0, 0.05) is 18.3 Å². The molecule has 0 aliphatic carbocycles. The van der Waals surface area contributed by atoms with Gasteiger partial charge in [0.1, 0.15) is 0 Å². The fraction of sp³-hybridized carbons (Fsp3) is 0.429. The first-order chi connectivity index (χ1) is 8.93. The van der Waals surface area contributed by atoms with Crippen LogP contribution < -0.4 is 5.32 Å². The molecule has 2 nitrogen and oxygen atoms in total. The van der Waals surface area contributed by atoms with E-state index in [1.165, 1.54) is 6.07 Å². The van der Waals surface area contributed by atoms with Crippen molar-refractivity contribution in [1.82, 2.24) is 9.88 Å². The molecule has 19 heavy (non-hydrogen) atoms. The molecule has 0 aliphatic rings. The van der Waals surface area contributed by atoms with Crippen LogP contribution in [0.15, 0.2) is 24.3 Å². The first-order valence-electron chi connectivity index (χ1n) is 6.23. The van der Waals surface area contributed by atoms with Crippen LogP contribution in [0.4, 0.5) is 13.2 Å². The van der Waals surface area contributed by atoms with E-state index < -0.39 is 11.7 Å². The Bertz CT molecular complexity index is 570. The summed E-state index contributed by atoms with van der Waals surface area (Å²) in [6.07, 6.45) is -2.47. The Labute approximate surface area is 110 Å². The van der Waals surface area contributed by atoms with Gasteiger partial charge in [0.15, 0.2) is 0 Å². The van der Waals surface area contributed by atoms with Gasteiger partial charge in [0.05, 0.1) is 5.56 Å². The molecule has 0 saturated heterocycles. The van der Waals surface area contributed by atoms with Crippen molar-refractivity contribution < 1.29 is 13.2 Å². The van der Waals surface area contributed by atoms with E-state index in [-0.39, 0.29) is 0 Å². The highest BCUT2D eigenvalue weighted by molar-refractivity contribution is 5.82. The summed E-state index contributed by atoms with van der Waals surface area (Å²) < 4.78 is 39.9. The third-order valence-corrected chi connectivity index (χ3v) is 3.33. The van der Waals surface area contributed by atoms with Crippen molar-refractivity contribution in [1.29, 1.82) is 0 Å². The molecule has 0 atom stereocenters. The highest BCUT2D eigenvalue weighted by Crippen LogP contribution is 2.32. The summed E-state index contributed by atoms with van der Waals surface area (Å²) in [5.41, 5.74) is 1.10. The summed E-state index contributed by atoms with van der Waals surface area (Å²) in [5, 5.41) is 3.92. The van der Waals surface area contributed by atoms with Gasteiger partial charge in [-0.15, -0.1) is 0 Å². The van der Waals surface area contributed by atoms with Crippen molar-refractivity contribution in [2.45, 2.75) is 19.0 Å². The Balaban J connectivity index is 2.35. The van der Waals surface area contributed by atoms with E-state index in [2.05, 4.69) is 5.32 Å². The molecule has 0 radical (unpaired) electrons. The predicted octanol–water partition coefficient (Wildman–Crippen LogP) is 3.35. The number of aromatic nitrogens is 1. The van der Waals surface area contributed by atoms with Crippen molar-refractivity contribution in [3.63, 3.8) is 0 Å². The highest BCUT2D eigenvalue weighted by atomic mass is 19.4. The summed E-state index contributed by atoms with van der Waals surface area (Å²) in [6.45, 7) is 0.898. The van der Waals surface area contributed by atoms with Crippen molar-refractivity contribution in [3.05, 3.63) is 35.5 Å². The number of fused-ring (bicyclic) bond motifs is 1. The van der Waals surface area contributed by atoms with E-state index in [0.29, 0.717) is 5.52 Å². The van der Waals surface area contributed by atoms with E-state index in [4.69, 9.17) is 0 Å². The Hall–Kier alpha value is -1.49. The van der Waals surface area contributed by atoms with Crippen LogP contribution in [0, 0.1) is 0 Å². The van der Waals surface area contributed by atoms with E-state index >= 15 is 0 Å². The standard InChI is InChI=1S/C14H17F3N2/c1-18-7-3-4-12-8-10-5-6-11(14(15,16)17)9-13(10)19(12)2/h5-6,8-9,18H,3-4,7H2,1-2H3.